The van der Waals surface area contributed by atoms with Crippen LogP contribution in [0.15, 0.2) is 36.4 Å². The second-order valence-corrected chi connectivity index (χ2v) is 3.63. The Kier molecular flexibility index (Phi) is 2.66. The van der Waals surface area contributed by atoms with Crippen LogP contribution in [0.4, 0.5) is 0 Å². The van der Waals surface area contributed by atoms with Crippen molar-refractivity contribution in [3.63, 3.8) is 0 Å². The standard InChI is InChI=1S/C12H15NO/c1-12(13-9-10-14-12)8-7-11-5-3-2-4-6-11/h2-8,13H,9-10H2,1H3. The van der Waals surface area contributed by atoms with Crippen LogP contribution in [-0.2, 0) is 4.74 Å². The normalized spacial score (nSPS) is 27.2. The predicted molar refractivity (Wildman–Crippen MR) is 57.8 cm³/mol. The maximum absolute atomic E-state index is 5.56. The minimum atomic E-state index is -0.282. The zero-order chi connectivity index (χ0) is 9.86. The van der Waals surface area contributed by atoms with Crippen molar-refractivity contribution in [3.05, 3.63) is 42.0 Å². The van der Waals surface area contributed by atoms with Crippen LogP contribution in [0.3, 0.4) is 0 Å². The largest absolute Gasteiger partial charge is 0.356 e. The molecule has 0 amide bonds. The van der Waals surface area contributed by atoms with Gasteiger partial charge < -0.3 is 4.74 Å². The molecule has 0 radical (unpaired) electrons. The Balaban J connectivity index is 2.06. The van der Waals surface area contributed by atoms with Gasteiger partial charge in [-0.2, -0.15) is 0 Å². The van der Waals surface area contributed by atoms with E-state index in [2.05, 4.69) is 29.6 Å². The first kappa shape index (κ1) is 9.44. The van der Waals surface area contributed by atoms with Gasteiger partial charge in [-0.15, -0.1) is 0 Å². The first-order valence-electron chi connectivity index (χ1n) is 4.92. The second kappa shape index (κ2) is 3.95. The van der Waals surface area contributed by atoms with E-state index in [0.717, 1.165) is 13.2 Å². The monoisotopic (exact) mass is 189 g/mol. The molecule has 2 nitrogen and oxygen atoms in total. The van der Waals surface area contributed by atoms with Gasteiger partial charge in [0.1, 0.15) is 5.72 Å². The topological polar surface area (TPSA) is 21.3 Å². The van der Waals surface area contributed by atoms with E-state index in [0.29, 0.717) is 0 Å². The molecule has 0 aliphatic carbocycles. The summed E-state index contributed by atoms with van der Waals surface area (Å²) < 4.78 is 5.56. The molecule has 74 valence electrons. The highest BCUT2D eigenvalue weighted by atomic mass is 16.5. The van der Waals surface area contributed by atoms with Crippen molar-refractivity contribution in [2.45, 2.75) is 12.6 Å². The van der Waals surface area contributed by atoms with Gasteiger partial charge in [0.15, 0.2) is 0 Å². The van der Waals surface area contributed by atoms with E-state index in [4.69, 9.17) is 4.74 Å². The SMILES string of the molecule is CC1(C=Cc2ccccc2)NCCO1. The molecule has 0 bridgehead atoms. The lowest BCUT2D eigenvalue weighted by atomic mass is 10.1. The van der Waals surface area contributed by atoms with Crippen molar-refractivity contribution in [2.75, 3.05) is 13.2 Å². The molecule has 2 rings (SSSR count). The van der Waals surface area contributed by atoms with Crippen molar-refractivity contribution in [3.8, 4) is 0 Å². The third-order valence-corrected chi connectivity index (χ3v) is 2.37. The van der Waals surface area contributed by atoms with Gasteiger partial charge in [-0.3, -0.25) is 5.32 Å². The fourth-order valence-electron chi connectivity index (χ4n) is 1.54. The van der Waals surface area contributed by atoms with E-state index >= 15 is 0 Å². The highest BCUT2D eigenvalue weighted by Crippen LogP contribution is 2.14. The third-order valence-electron chi connectivity index (χ3n) is 2.37. The average Bonchev–Trinajstić information content (AvgIpc) is 2.65. The molecule has 1 aromatic rings. The van der Waals surface area contributed by atoms with Crippen molar-refractivity contribution in [1.82, 2.24) is 5.32 Å². The van der Waals surface area contributed by atoms with Crippen molar-refractivity contribution in [2.24, 2.45) is 0 Å². The average molecular weight is 189 g/mol. The van der Waals surface area contributed by atoms with E-state index < -0.39 is 0 Å². The van der Waals surface area contributed by atoms with Gasteiger partial charge in [0.05, 0.1) is 6.61 Å². The van der Waals surface area contributed by atoms with Crippen LogP contribution in [0, 0.1) is 0 Å². The van der Waals surface area contributed by atoms with E-state index in [1.807, 2.05) is 25.1 Å². The summed E-state index contributed by atoms with van der Waals surface area (Å²) in [6.45, 7) is 3.75. The lowest BCUT2D eigenvalue weighted by molar-refractivity contribution is 0.0497. The van der Waals surface area contributed by atoms with Gasteiger partial charge in [0, 0.05) is 6.54 Å². The minimum Gasteiger partial charge on any atom is -0.356 e. The highest BCUT2D eigenvalue weighted by Gasteiger charge is 2.25. The maximum atomic E-state index is 5.56. The van der Waals surface area contributed by atoms with Gasteiger partial charge in [0.25, 0.3) is 0 Å². The van der Waals surface area contributed by atoms with Crippen LogP contribution in [0.1, 0.15) is 12.5 Å². The second-order valence-electron chi connectivity index (χ2n) is 3.63. The Morgan fingerprint density at radius 1 is 1.36 bits per heavy atom. The van der Waals surface area contributed by atoms with E-state index in [9.17, 15) is 0 Å². The zero-order valence-electron chi connectivity index (χ0n) is 8.36. The third kappa shape index (κ3) is 2.22. The molecule has 2 heteroatoms. The van der Waals surface area contributed by atoms with Crippen LogP contribution in [0.25, 0.3) is 6.08 Å². The summed E-state index contributed by atoms with van der Waals surface area (Å²) in [5, 5.41) is 3.29. The fraction of sp³-hybridized carbons (Fsp3) is 0.333. The maximum Gasteiger partial charge on any atom is 0.135 e. The molecule has 1 fully saturated rings. The van der Waals surface area contributed by atoms with Crippen LogP contribution >= 0.6 is 0 Å². The Morgan fingerprint density at radius 2 is 2.14 bits per heavy atom. The molecular weight excluding hydrogens is 174 g/mol. The molecule has 1 saturated heterocycles. The summed E-state index contributed by atoms with van der Waals surface area (Å²) in [5.41, 5.74) is 0.918. The molecule has 1 aliphatic heterocycles. The smallest absolute Gasteiger partial charge is 0.135 e. The number of benzene rings is 1. The van der Waals surface area contributed by atoms with Crippen LogP contribution in [0.5, 0.6) is 0 Å². The fourth-order valence-corrected chi connectivity index (χ4v) is 1.54. The zero-order valence-corrected chi connectivity index (χ0v) is 8.36. The molecule has 1 aromatic carbocycles. The van der Waals surface area contributed by atoms with Crippen LogP contribution in [0.2, 0.25) is 0 Å². The lowest BCUT2D eigenvalue weighted by Gasteiger charge is -2.18. The molecule has 0 aromatic heterocycles. The lowest BCUT2D eigenvalue weighted by Crippen LogP contribution is -2.34. The van der Waals surface area contributed by atoms with E-state index in [-0.39, 0.29) is 5.72 Å². The first-order chi connectivity index (χ1) is 6.79. The van der Waals surface area contributed by atoms with Gasteiger partial charge in [-0.1, -0.05) is 36.4 Å². The van der Waals surface area contributed by atoms with Gasteiger partial charge >= 0.3 is 0 Å². The molecule has 1 aliphatic rings. The Morgan fingerprint density at radius 3 is 2.79 bits per heavy atom. The Bertz CT molecular complexity index is 312. The summed E-state index contributed by atoms with van der Waals surface area (Å²) in [5.74, 6) is 0. The van der Waals surface area contributed by atoms with E-state index in [1.165, 1.54) is 5.56 Å². The summed E-state index contributed by atoms with van der Waals surface area (Å²) in [6, 6.07) is 10.2. The molecule has 1 N–H and O–H groups in total. The van der Waals surface area contributed by atoms with Gasteiger partial charge in [0.2, 0.25) is 0 Å². The number of rotatable bonds is 2. The number of hydrogen-bond donors (Lipinski definition) is 1. The molecule has 14 heavy (non-hydrogen) atoms. The first-order valence-corrected chi connectivity index (χ1v) is 4.92. The summed E-state index contributed by atoms with van der Waals surface area (Å²) >= 11 is 0. The quantitative estimate of drug-likeness (QED) is 0.768. The number of nitrogens with one attached hydrogen (secondary N) is 1. The molecule has 1 atom stereocenters. The number of ether oxygens (including phenoxy) is 1. The molecule has 0 saturated carbocycles. The van der Waals surface area contributed by atoms with E-state index in [1.54, 1.807) is 0 Å². The summed E-state index contributed by atoms with van der Waals surface area (Å²) in [4.78, 5) is 0. The molecule has 1 unspecified atom stereocenters. The van der Waals surface area contributed by atoms with Gasteiger partial charge in [-0.05, 0) is 18.6 Å². The van der Waals surface area contributed by atoms with Crippen molar-refractivity contribution >= 4 is 6.08 Å². The Labute approximate surface area is 84.6 Å². The van der Waals surface area contributed by atoms with Crippen molar-refractivity contribution in [1.29, 1.82) is 0 Å². The molecule has 0 spiro atoms. The molecule has 1 heterocycles. The summed E-state index contributed by atoms with van der Waals surface area (Å²) in [6.07, 6.45) is 4.15. The Hall–Kier alpha value is -1.12. The van der Waals surface area contributed by atoms with Gasteiger partial charge in [-0.25, -0.2) is 0 Å². The number of hydrogen-bond acceptors (Lipinski definition) is 2. The highest BCUT2D eigenvalue weighted by molar-refractivity contribution is 5.50. The predicted octanol–water partition coefficient (Wildman–Crippen LogP) is 2.04. The minimum absolute atomic E-state index is 0.282. The van der Waals surface area contributed by atoms with Crippen LogP contribution < -0.4 is 5.32 Å². The van der Waals surface area contributed by atoms with Crippen molar-refractivity contribution < 1.29 is 4.74 Å². The van der Waals surface area contributed by atoms with Crippen LogP contribution in [-0.4, -0.2) is 18.9 Å². The summed E-state index contributed by atoms with van der Waals surface area (Å²) in [7, 11) is 0. The molecular formula is C12H15NO.